The molecule has 0 spiro atoms. The second-order valence-electron chi connectivity index (χ2n) is 7.99. The maximum Gasteiger partial charge on any atom is 0.184 e. The van der Waals surface area contributed by atoms with Gasteiger partial charge >= 0.3 is 0 Å². The Bertz CT molecular complexity index is 514. The van der Waals surface area contributed by atoms with Gasteiger partial charge in [-0.15, -0.1) is 0 Å². The van der Waals surface area contributed by atoms with Crippen LogP contribution in [0.1, 0.15) is 95.8 Å². The summed E-state index contributed by atoms with van der Waals surface area (Å²) < 4.78 is 11.5. The summed E-state index contributed by atoms with van der Waals surface area (Å²) in [6.45, 7) is 2.71. The van der Waals surface area contributed by atoms with Crippen molar-refractivity contribution in [2.75, 3.05) is 6.61 Å². The molecule has 1 unspecified atom stereocenters. The summed E-state index contributed by atoms with van der Waals surface area (Å²) in [6, 6.07) is 9.89. The molecule has 3 nitrogen and oxygen atoms in total. The molecule has 1 saturated heterocycles. The second-order valence-corrected chi connectivity index (χ2v) is 7.99. The smallest absolute Gasteiger partial charge is 0.184 e. The van der Waals surface area contributed by atoms with Crippen LogP contribution in [0.3, 0.4) is 0 Å². The number of aliphatic hydroxyl groups excluding tert-OH is 1. The van der Waals surface area contributed by atoms with Crippen LogP contribution in [0, 0.1) is 0 Å². The van der Waals surface area contributed by atoms with E-state index in [-0.39, 0.29) is 12.4 Å². The van der Waals surface area contributed by atoms with Gasteiger partial charge in [0.2, 0.25) is 0 Å². The molecule has 2 rings (SSSR count). The van der Waals surface area contributed by atoms with Crippen molar-refractivity contribution in [2.24, 2.45) is 0 Å². The van der Waals surface area contributed by atoms with Crippen molar-refractivity contribution in [2.45, 2.75) is 102 Å². The summed E-state index contributed by atoms with van der Waals surface area (Å²) in [5.41, 5.74) is 1.00. The molecule has 3 heteroatoms. The molecule has 28 heavy (non-hydrogen) atoms. The molecule has 1 fully saturated rings. The zero-order valence-electron chi connectivity index (χ0n) is 17.7. The summed E-state index contributed by atoms with van der Waals surface area (Å²) in [7, 11) is 0. The molecule has 0 radical (unpaired) electrons. The van der Waals surface area contributed by atoms with Gasteiger partial charge < -0.3 is 14.6 Å². The predicted octanol–water partition coefficient (Wildman–Crippen LogP) is 6.72. The zero-order valence-corrected chi connectivity index (χ0v) is 17.7. The third-order valence-corrected chi connectivity index (χ3v) is 5.47. The molecular weight excluding hydrogens is 348 g/mol. The van der Waals surface area contributed by atoms with Gasteiger partial charge in [0.05, 0.1) is 6.61 Å². The van der Waals surface area contributed by atoms with E-state index in [0.717, 1.165) is 12.0 Å². The Kier molecular flexibility index (Phi) is 12.2. The molecule has 1 aromatic rings. The molecule has 1 N–H and O–H groups in total. The fraction of sp³-hybridized carbons (Fsp3) is 0.680. The molecule has 158 valence electrons. The van der Waals surface area contributed by atoms with E-state index in [0.29, 0.717) is 6.61 Å². The molecule has 1 heterocycles. The molecule has 1 aromatic carbocycles. The molecular formula is C25H40O3. The standard InChI is InChI=1S/C25H40O3/c1-2-3-4-5-6-7-8-9-10-11-12-13-17-20-23(26)24-21-27-25(28-24)22-18-15-14-16-19-22/h14-20,23-26H,2-13,21H2,1H3/b20-17+/t23-,24-,25?/m1/s1. The molecule has 0 aromatic heterocycles. The van der Waals surface area contributed by atoms with E-state index >= 15 is 0 Å². The first-order valence-electron chi connectivity index (χ1n) is 11.5. The first-order chi connectivity index (χ1) is 13.8. The van der Waals surface area contributed by atoms with Crippen molar-refractivity contribution in [3.8, 4) is 0 Å². The normalized spacial score (nSPS) is 20.8. The van der Waals surface area contributed by atoms with Gasteiger partial charge in [-0.2, -0.15) is 0 Å². The number of benzene rings is 1. The van der Waals surface area contributed by atoms with Crippen molar-refractivity contribution >= 4 is 0 Å². The fourth-order valence-corrected chi connectivity index (χ4v) is 3.67. The van der Waals surface area contributed by atoms with Crippen molar-refractivity contribution in [1.82, 2.24) is 0 Å². The highest BCUT2D eigenvalue weighted by Gasteiger charge is 2.31. The topological polar surface area (TPSA) is 38.7 Å². The first kappa shape index (κ1) is 23.1. The van der Waals surface area contributed by atoms with Crippen molar-refractivity contribution < 1.29 is 14.6 Å². The highest BCUT2D eigenvalue weighted by atomic mass is 16.7. The fourth-order valence-electron chi connectivity index (χ4n) is 3.67. The van der Waals surface area contributed by atoms with Crippen LogP contribution in [0.5, 0.6) is 0 Å². The number of aliphatic hydroxyl groups is 1. The molecule has 0 saturated carbocycles. The lowest BCUT2D eigenvalue weighted by Crippen LogP contribution is -2.26. The lowest BCUT2D eigenvalue weighted by atomic mass is 10.0. The maximum absolute atomic E-state index is 10.3. The van der Waals surface area contributed by atoms with Crippen LogP contribution >= 0.6 is 0 Å². The van der Waals surface area contributed by atoms with E-state index in [9.17, 15) is 5.11 Å². The van der Waals surface area contributed by atoms with E-state index in [1.54, 1.807) is 0 Å². The van der Waals surface area contributed by atoms with Crippen LogP contribution in [0.2, 0.25) is 0 Å². The van der Waals surface area contributed by atoms with Gasteiger partial charge in [-0.25, -0.2) is 0 Å². The van der Waals surface area contributed by atoms with Crippen LogP contribution in [0.4, 0.5) is 0 Å². The van der Waals surface area contributed by atoms with Gasteiger partial charge in [0.25, 0.3) is 0 Å². The second kappa shape index (κ2) is 14.8. The lowest BCUT2D eigenvalue weighted by Gasteiger charge is -2.14. The summed E-state index contributed by atoms with van der Waals surface area (Å²) in [5.74, 6) is 0. The third kappa shape index (κ3) is 9.36. The van der Waals surface area contributed by atoms with E-state index in [1.807, 2.05) is 36.4 Å². The number of allylic oxidation sites excluding steroid dienone is 1. The highest BCUT2D eigenvalue weighted by molar-refractivity contribution is 5.16. The van der Waals surface area contributed by atoms with Gasteiger partial charge in [0, 0.05) is 5.56 Å². The Hall–Kier alpha value is -1.16. The van der Waals surface area contributed by atoms with Gasteiger partial charge in [-0.05, 0) is 12.8 Å². The molecule has 0 amide bonds. The summed E-state index contributed by atoms with van der Waals surface area (Å²) in [5, 5.41) is 10.3. The monoisotopic (exact) mass is 388 g/mol. The Morgan fingerprint density at radius 1 is 0.929 bits per heavy atom. The maximum atomic E-state index is 10.3. The van der Waals surface area contributed by atoms with E-state index in [2.05, 4.69) is 13.0 Å². The minimum Gasteiger partial charge on any atom is -0.386 e. The molecule has 1 aliphatic rings. The first-order valence-corrected chi connectivity index (χ1v) is 11.5. The van der Waals surface area contributed by atoms with Gasteiger partial charge in [0.15, 0.2) is 6.29 Å². The van der Waals surface area contributed by atoms with Crippen molar-refractivity contribution in [3.63, 3.8) is 0 Å². The van der Waals surface area contributed by atoms with Gasteiger partial charge in [-0.3, -0.25) is 0 Å². The molecule has 0 aliphatic carbocycles. The number of rotatable bonds is 15. The Labute approximate surface area is 172 Å². The largest absolute Gasteiger partial charge is 0.386 e. The van der Waals surface area contributed by atoms with Crippen molar-refractivity contribution in [3.05, 3.63) is 48.0 Å². The van der Waals surface area contributed by atoms with Crippen LogP contribution in [-0.2, 0) is 9.47 Å². The summed E-state index contributed by atoms with van der Waals surface area (Å²) in [6.07, 6.45) is 18.7. The average Bonchev–Trinajstić information content (AvgIpc) is 3.22. The Morgan fingerprint density at radius 3 is 2.18 bits per heavy atom. The van der Waals surface area contributed by atoms with Crippen LogP contribution < -0.4 is 0 Å². The van der Waals surface area contributed by atoms with Gasteiger partial charge in [-0.1, -0.05) is 114 Å². The minimum atomic E-state index is -0.596. The zero-order chi connectivity index (χ0) is 19.9. The van der Waals surface area contributed by atoms with E-state index < -0.39 is 6.10 Å². The molecule has 0 bridgehead atoms. The van der Waals surface area contributed by atoms with Crippen LogP contribution in [-0.4, -0.2) is 23.9 Å². The number of hydrogen-bond donors (Lipinski definition) is 1. The average molecular weight is 389 g/mol. The van der Waals surface area contributed by atoms with E-state index in [1.165, 1.54) is 70.6 Å². The van der Waals surface area contributed by atoms with E-state index in [4.69, 9.17) is 9.47 Å². The quantitative estimate of drug-likeness (QED) is 0.268. The Morgan fingerprint density at radius 2 is 1.54 bits per heavy atom. The van der Waals surface area contributed by atoms with Crippen LogP contribution in [0.15, 0.2) is 42.5 Å². The third-order valence-electron chi connectivity index (χ3n) is 5.47. The molecule has 1 aliphatic heterocycles. The highest BCUT2D eigenvalue weighted by Crippen LogP contribution is 2.28. The number of hydrogen-bond acceptors (Lipinski definition) is 3. The SMILES string of the molecule is CCCCCCCCCCCCC/C=C/[C@@H](O)[C@H]1COC(c2ccccc2)O1. The van der Waals surface area contributed by atoms with Crippen molar-refractivity contribution in [1.29, 1.82) is 0 Å². The minimum absolute atomic E-state index is 0.279. The predicted molar refractivity (Wildman–Crippen MR) is 116 cm³/mol. The number of ether oxygens (including phenoxy) is 2. The van der Waals surface area contributed by atoms with Gasteiger partial charge in [0.1, 0.15) is 12.2 Å². The summed E-state index contributed by atoms with van der Waals surface area (Å²) >= 11 is 0. The number of unbranched alkanes of at least 4 members (excludes halogenated alkanes) is 11. The van der Waals surface area contributed by atoms with Crippen LogP contribution in [0.25, 0.3) is 0 Å². The Balaban J connectivity index is 1.45. The lowest BCUT2D eigenvalue weighted by molar-refractivity contribution is -0.0762. The molecule has 3 atom stereocenters. The summed E-state index contributed by atoms with van der Waals surface area (Å²) in [4.78, 5) is 0.